The first kappa shape index (κ1) is 11.7. The standard InChI is InChI=1S/C13H17BrN2/c1-10(15)11-5-6-13(12(14)9-11)16-7-3-2-4-8-16/h2-3,5-6,9-10H,4,7-8,15H2,1H3. The first-order valence-corrected chi connectivity index (χ1v) is 6.43. The van der Waals surface area contributed by atoms with Gasteiger partial charge in [-0.1, -0.05) is 18.2 Å². The first-order valence-electron chi connectivity index (χ1n) is 5.63. The summed E-state index contributed by atoms with van der Waals surface area (Å²) in [7, 11) is 0. The van der Waals surface area contributed by atoms with Crippen molar-refractivity contribution < 1.29 is 0 Å². The smallest absolute Gasteiger partial charge is 0.0513 e. The lowest BCUT2D eigenvalue weighted by Gasteiger charge is -2.27. The van der Waals surface area contributed by atoms with Gasteiger partial charge in [0.25, 0.3) is 0 Å². The van der Waals surface area contributed by atoms with Gasteiger partial charge in [-0.05, 0) is 47.0 Å². The summed E-state index contributed by atoms with van der Waals surface area (Å²) in [5.74, 6) is 0. The lowest BCUT2D eigenvalue weighted by atomic mass is 10.1. The van der Waals surface area contributed by atoms with E-state index in [-0.39, 0.29) is 6.04 Å². The van der Waals surface area contributed by atoms with E-state index in [0.717, 1.165) is 24.0 Å². The van der Waals surface area contributed by atoms with Gasteiger partial charge in [-0.2, -0.15) is 0 Å². The zero-order chi connectivity index (χ0) is 11.5. The van der Waals surface area contributed by atoms with Crippen LogP contribution in [0.5, 0.6) is 0 Å². The van der Waals surface area contributed by atoms with Gasteiger partial charge in [0.15, 0.2) is 0 Å². The van der Waals surface area contributed by atoms with E-state index in [4.69, 9.17) is 5.73 Å². The number of hydrogen-bond acceptors (Lipinski definition) is 2. The van der Waals surface area contributed by atoms with E-state index in [9.17, 15) is 0 Å². The van der Waals surface area contributed by atoms with Gasteiger partial charge >= 0.3 is 0 Å². The minimum absolute atomic E-state index is 0.0894. The van der Waals surface area contributed by atoms with Crippen LogP contribution in [0.4, 0.5) is 5.69 Å². The lowest BCUT2D eigenvalue weighted by Crippen LogP contribution is -2.27. The molecule has 1 aromatic rings. The van der Waals surface area contributed by atoms with Gasteiger partial charge in [-0.25, -0.2) is 0 Å². The molecule has 2 rings (SSSR count). The summed E-state index contributed by atoms with van der Waals surface area (Å²) in [5, 5.41) is 0. The molecule has 0 amide bonds. The summed E-state index contributed by atoms with van der Waals surface area (Å²) in [4.78, 5) is 2.37. The third-order valence-corrected chi connectivity index (χ3v) is 3.53. The van der Waals surface area contributed by atoms with E-state index in [0.29, 0.717) is 0 Å². The van der Waals surface area contributed by atoms with Crippen LogP contribution in [-0.4, -0.2) is 13.1 Å². The Bertz CT molecular complexity index is 399. The molecule has 3 heteroatoms. The van der Waals surface area contributed by atoms with Crippen LogP contribution in [-0.2, 0) is 0 Å². The van der Waals surface area contributed by atoms with Gasteiger partial charge in [0.2, 0.25) is 0 Å². The Balaban J connectivity index is 2.25. The van der Waals surface area contributed by atoms with E-state index >= 15 is 0 Å². The molecular formula is C13H17BrN2. The normalized spacial score (nSPS) is 17.6. The Morgan fingerprint density at radius 3 is 2.75 bits per heavy atom. The van der Waals surface area contributed by atoms with Crippen molar-refractivity contribution in [1.29, 1.82) is 0 Å². The Hall–Kier alpha value is -0.800. The van der Waals surface area contributed by atoms with Crippen molar-refractivity contribution in [3.63, 3.8) is 0 Å². The monoisotopic (exact) mass is 280 g/mol. The maximum Gasteiger partial charge on any atom is 0.0513 e. The summed E-state index contributed by atoms with van der Waals surface area (Å²) < 4.78 is 1.14. The number of halogens is 1. The molecular weight excluding hydrogens is 264 g/mol. The Morgan fingerprint density at radius 2 is 2.19 bits per heavy atom. The molecule has 16 heavy (non-hydrogen) atoms. The molecule has 1 heterocycles. The molecule has 0 saturated heterocycles. The molecule has 0 bridgehead atoms. The Kier molecular flexibility index (Phi) is 3.66. The third kappa shape index (κ3) is 2.47. The fourth-order valence-corrected chi connectivity index (χ4v) is 2.57. The molecule has 0 aliphatic carbocycles. The molecule has 0 fully saturated rings. The second kappa shape index (κ2) is 5.02. The number of nitrogens with two attached hydrogens (primary N) is 1. The molecule has 1 aliphatic rings. The average molecular weight is 281 g/mol. The summed E-state index contributed by atoms with van der Waals surface area (Å²) in [5.41, 5.74) is 8.29. The molecule has 1 unspecified atom stereocenters. The highest BCUT2D eigenvalue weighted by Crippen LogP contribution is 2.29. The van der Waals surface area contributed by atoms with Crippen LogP contribution >= 0.6 is 15.9 Å². The predicted molar refractivity (Wildman–Crippen MR) is 72.7 cm³/mol. The minimum Gasteiger partial charge on any atom is -0.367 e. The first-order chi connectivity index (χ1) is 7.68. The number of hydrogen-bond donors (Lipinski definition) is 1. The predicted octanol–water partition coefficient (Wildman–Crippen LogP) is 3.24. The molecule has 2 N–H and O–H groups in total. The second-order valence-corrected chi connectivity index (χ2v) is 5.06. The largest absolute Gasteiger partial charge is 0.367 e. The van der Waals surface area contributed by atoms with Gasteiger partial charge in [0.1, 0.15) is 0 Å². The summed E-state index contributed by atoms with van der Waals surface area (Å²) >= 11 is 3.63. The summed E-state index contributed by atoms with van der Waals surface area (Å²) in [6.07, 6.45) is 5.58. The summed E-state index contributed by atoms with van der Waals surface area (Å²) in [6.45, 7) is 4.09. The fraction of sp³-hybridized carbons (Fsp3) is 0.385. The van der Waals surface area contributed by atoms with E-state index < -0.39 is 0 Å². The number of nitrogens with zero attached hydrogens (tertiary/aromatic N) is 1. The average Bonchev–Trinajstić information content (AvgIpc) is 2.30. The van der Waals surface area contributed by atoms with Gasteiger partial charge in [0.05, 0.1) is 5.69 Å². The molecule has 1 aromatic carbocycles. The molecule has 0 spiro atoms. The SMILES string of the molecule is CC(N)c1ccc(N2CC=CCC2)c(Br)c1. The van der Waals surface area contributed by atoms with Crippen molar-refractivity contribution in [2.75, 3.05) is 18.0 Å². The van der Waals surface area contributed by atoms with Crippen LogP contribution in [0.2, 0.25) is 0 Å². The fourth-order valence-electron chi connectivity index (χ4n) is 1.92. The Labute approximate surface area is 105 Å². The highest BCUT2D eigenvalue weighted by atomic mass is 79.9. The van der Waals surface area contributed by atoms with Gasteiger partial charge < -0.3 is 10.6 Å². The molecule has 1 atom stereocenters. The van der Waals surface area contributed by atoms with Crippen molar-refractivity contribution in [3.05, 3.63) is 40.4 Å². The van der Waals surface area contributed by atoms with Crippen LogP contribution in [0, 0.1) is 0 Å². The molecule has 1 aliphatic heterocycles. The molecule has 0 saturated carbocycles. The van der Waals surface area contributed by atoms with E-state index in [1.165, 1.54) is 11.3 Å². The number of anilines is 1. The number of rotatable bonds is 2. The maximum absolute atomic E-state index is 5.87. The minimum atomic E-state index is 0.0894. The second-order valence-electron chi connectivity index (χ2n) is 4.21. The van der Waals surface area contributed by atoms with E-state index in [1.54, 1.807) is 0 Å². The highest BCUT2D eigenvalue weighted by molar-refractivity contribution is 9.10. The summed E-state index contributed by atoms with van der Waals surface area (Å²) in [6, 6.07) is 6.48. The molecule has 86 valence electrons. The van der Waals surface area contributed by atoms with Crippen LogP contribution in [0.3, 0.4) is 0 Å². The van der Waals surface area contributed by atoms with Crippen LogP contribution in [0.1, 0.15) is 24.9 Å². The van der Waals surface area contributed by atoms with Crippen molar-refractivity contribution in [2.24, 2.45) is 5.73 Å². The lowest BCUT2D eigenvalue weighted by molar-refractivity contribution is 0.805. The number of benzene rings is 1. The molecule has 0 radical (unpaired) electrons. The Morgan fingerprint density at radius 1 is 1.38 bits per heavy atom. The maximum atomic E-state index is 5.87. The molecule has 2 nitrogen and oxygen atoms in total. The van der Waals surface area contributed by atoms with Crippen LogP contribution in [0.15, 0.2) is 34.8 Å². The van der Waals surface area contributed by atoms with Crippen molar-refractivity contribution in [1.82, 2.24) is 0 Å². The van der Waals surface area contributed by atoms with Crippen LogP contribution < -0.4 is 10.6 Å². The zero-order valence-corrected chi connectivity index (χ0v) is 11.1. The van der Waals surface area contributed by atoms with E-state index in [1.807, 2.05) is 6.92 Å². The topological polar surface area (TPSA) is 29.3 Å². The van der Waals surface area contributed by atoms with Gasteiger partial charge in [-0.15, -0.1) is 0 Å². The highest BCUT2D eigenvalue weighted by Gasteiger charge is 2.11. The van der Waals surface area contributed by atoms with Crippen LogP contribution in [0.25, 0.3) is 0 Å². The van der Waals surface area contributed by atoms with Crippen molar-refractivity contribution in [3.8, 4) is 0 Å². The quantitative estimate of drug-likeness (QED) is 0.843. The van der Waals surface area contributed by atoms with Gasteiger partial charge in [-0.3, -0.25) is 0 Å². The third-order valence-electron chi connectivity index (χ3n) is 2.90. The van der Waals surface area contributed by atoms with Crippen molar-refractivity contribution >= 4 is 21.6 Å². The van der Waals surface area contributed by atoms with Crippen molar-refractivity contribution in [2.45, 2.75) is 19.4 Å². The zero-order valence-electron chi connectivity index (χ0n) is 9.49. The van der Waals surface area contributed by atoms with E-state index in [2.05, 4.69) is 51.2 Å². The molecule has 0 aromatic heterocycles. The van der Waals surface area contributed by atoms with Gasteiger partial charge in [0, 0.05) is 23.6 Å².